The van der Waals surface area contributed by atoms with E-state index in [2.05, 4.69) is 35.5 Å². The van der Waals surface area contributed by atoms with Gasteiger partial charge in [-0.3, -0.25) is 5.10 Å². The van der Waals surface area contributed by atoms with Crippen LogP contribution in [0.3, 0.4) is 0 Å². The number of fused-ring (bicyclic) bond motifs is 1. The van der Waals surface area contributed by atoms with Crippen molar-refractivity contribution in [2.75, 3.05) is 11.1 Å². The summed E-state index contributed by atoms with van der Waals surface area (Å²) in [6, 6.07) is 7.84. The van der Waals surface area contributed by atoms with Crippen molar-refractivity contribution in [3.63, 3.8) is 0 Å². The molecule has 1 aromatic carbocycles. The summed E-state index contributed by atoms with van der Waals surface area (Å²) < 4.78 is 0. The second-order valence-electron chi connectivity index (χ2n) is 5.06. The quantitative estimate of drug-likeness (QED) is 0.457. The van der Waals surface area contributed by atoms with Gasteiger partial charge in [0.05, 0.1) is 29.8 Å². The van der Waals surface area contributed by atoms with Crippen molar-refractivity contribution in [3.8, 4) is 11.3 Å². The number of nitrogen functional groups attached to an aromatic ring is 1. The Morgan fingerprint density at radius 3 is 2.91 bits per heavy atom. The highest BCUT2D eigenvalue weighted by Crippen LogP contribution is 2.26. The lowest BCUT2D eigenvalue weighted by Crippen LogP contribution is -2.05. The molecule has 3 heterocycles. The minimum atomic E-state index is 0.228. The fourth-order valence-corrected chi connectivity index (χ4v) is 2.43. The van der Waals surface area contributed by atoms with E-state index in [0.717, 1.165) is 27.9 Å². The molecule has 0 aliphatic carbocycles. The van der Waals surface area contributed by atoms with Gasteiger partial charge in [-0.1, -0.05) is 6.07 Å². The van der Waals surface area contributed by atoms with Gasteiger partial charge in [-0.05, 0) is 18.2 Å². The number of hydrogen-bond donors (Lipinski definition) is 4. The lowest BCUT2D eigenvalue weighted by atomic mass is 10.1. The third-order valence-corrected chi connectivity index (χ3v) is 3.53. The second kappa shape index (κ2) is 5.41. The van der Waals surface area contributed by atoms with Crippen LogP contribution < -0.4 is 11.1 Å². The van der Waals surface area contributed by atoms with Gasteiger partial charge < -0.3 is 16.0 Å². The van der Waals surface area contributed by atoms with Crippen LogP contribution in [0, 0.1) is 0 Å². The summed E-state index contributed by atoms with van der Waals surface area (Å²) in [5.74, 6) is 0.921. The van der Waals surface area contributed by atoms with E-state index in [9.17, 15) is 0 Å². The molecule has 0 unspecified atom stereocenters. The van der Waals surface area contributed by atoms with Gasteiger partial charge in [0.25, 0.3) is 0 Å². The first-order valence-corrected chi connectivity index (χ1v) is 7.08. The first-order chi connectivity index (χ1) is 11.3. The number of benzene rings is 1. The van der Waals surface area contributed by atoms with E-state index < -0.39 is 0 Å². The number of nitrogens with two attached hydrogens (primary N) is 1. The molecule has 0 aliphatic rings. The molecule has 0 bridgehead atoms. The summed E-state index contributed by atoms with van der Waals surface area (Å²) in [5.41, 5.74) is 9.50. The van der Waals surface area contributed by atoms with Crippen LogP contribution in [0.4, 0.5) is 11.8 Å². The molecule has 114 valence electrons. The smallest absolute Gasteiger partial charge is 0.222 e. The van der Waals surface area contributed by atoms with Crippen molar-refractivity contribution in [1.82, 2.24) is 30.1 Å². The van der Waals surface area contributed by atoms with E-state index >= 15 is 0 Å². The lowest BCUT2D eigenvalue weighted by Gasteiger charge is -2.09. The number of anilines is 2. The number of aromatic amines is 2. The predicted molar refractivity (Wildman–Crippen MR) is 87.4 cm³/mol. The molecule has 8 nitrogen and oxygen atoms in total. The fraction of sp³-hybridized carbons (Fsp3) is 0.0667. The van der Waals surface area contributed by atoms with Gasteiger partial charge in [-0.2, -0.15) is 10.1 Å². The molecule has 0 amide bonds. The molecule has 8 heteroatoms. The number of hydrogen-bond acceptors (Lipinski definition) is 6. The van der Waals surface area contributed by atoms with Crippen molar-refractivity contribution in [2.45, 2.75) is 6.54 Å². The standard InChI is InChI=1S/C15H14N8/c16-15-21-13-5-9(12-3-4-20-23-12)1-2-11(13)14(22-15)18-7-10-6-17-8-19-10/h1-6,8H,7H2,(H,17,19)(H,20,23)(H3,16,18,21,22). The Morgan fingerprint density at radius 2 is 2.13 bits per heavy atom. The average molecular weight is 306 g/mol. The number of aromatic nitrogens is 6. The van der Waals surface area contributed by atoms with E-state index in [0.29, 0.717) is 12.4 Å². The maximum atomic E-state index is 5.84. The number of nitrogens with zero attached hydrogens (tertiary/aromatic N) is 4. The van der Waals surface area contributed by atoms with Gasteiger partial charge in [0.15, 0.2) is 0 Å². The van der Waals surface area contributed by atoms with Gasteiger partial charge in [0, 0.05) is 23.3 Å². The molecule has 3 aromatic heterocycles. The molecule has 0 atom stereocenters. The van der Waals surface area contributed by atoms with Gasteiger partial charge in [-0.25, -0.2) is 9.97 Å². The minimum Gasteiger partial charge on any atom is -0.368 e. The Kier molecular flexibility index (Phi) is 3.12. The van der Waals surface area contributed by atoms with Crippen LogP contribution in [0.1, 0.15) is 5.69 Å². The highest BCUT2D eigenvalue weighted by Gasteiger charge is 2.09. The normalized spacial score (nSPS) is 11.0. The molecule has 0 spiro atoms. The van der Waals surface area contributed by atoms with Gasteiger partial charge >= 0.3 is 0 Å². The summed E-state index contributed by atoms with van der Waals surface area (Å²) in [4.78, 5) is 15.6. The van der Waals surface area contributed by atoms with Crippen molar-refractivity contribution in [1.29, 1.82) is 0 Å². The van der Waals surface area contributed by atoms with Crippen LogP contribution in [-0.4, -0.2) is 30.1 Å². The molecule has 0 fully saturated rings. The van der Waals surface area contributed by atoms with Crippen molar-refractivity contribution in [2.24, 2.45) is 0 Å². The summed E-state index contributed by atoms with van der Waals surface area (Å²) in [6.07, 6.45) is 5.11. The van der Waals surface area contributed by atoms with E-state index in [1.165, 1.54) is 0 Å². The first kappa shape index (κ1) is 13.3. The van der Waals surface area contributed by atoms with Crippen molar-refractivity contribution >= 4 is 22.7 Å². The van der Waals surface area contributed by atoms with E-state index in [4.69, 9.17) is 5.73 Å². The molecule has 23 heavy (non-hydrogen) atoms. The van der Waals surface area contributed by atoms with Crippen LogP contribution in [0.25, 0.3) is 22.2 Å². The summed E-state index contributed by atoms with van der Waals surface area (Å²) >= 11 is 0. The zero-order valence-electron chi connectivity index (χ0n) is 12.1. The van der Waals surface area contributed by atoms with Gasteiger partial charge in [0.2, 0.25) is 5.95 Å². The maximum absolute atomic E-state index is 5.84. The predicted octanol–water partition coefficient (Wildman–Crippen LogP) is 1.94. The Morgan fingerprint density at radius 1 is 1.17 bits per heavy atom. The molecular weight excluding hydrogens is 292 g/mol. The van der Waals surface area contributed by atoms with Crippen molar-refractivity contribution < 1.29 is 0 Å². The van der Waals surface area contributed by atoms with E-state index in [-0.39, 0.29) is 5.95 Å². The zero-order chi connectivity index (χ0) is 15.6. The van der Waals surface area contributed by atoms with Gasteiger partial charge in [0.1, 0.15) is 5.82 Å². The monoisotopic (exact) mass is 306 g/mol. The Hall–Kier alpha value is -3.42. The van der Waals surface area contributed by atoms with Crippen LogP contribution >= 0.6 is 0 Å². The Bertz CT molecular complexity index is 928. The largest absolute Gasteiger partial charge is 0.368 e. The second-order valence-corrected chi connectivity index (χ2v) is 5.06. The summed E-state index contributed by atoms with van der Waals surface area (Å²) in [6.45, 7) is 0.577. The number of nitrogens with one attached hydrogen (secondary N) is 3. The third kappa shape index (κ3) is 2.57. The number of H-pyrrole nitrogens is 2. The maximum Gasteiger partial charge on any atom is 0.222 e. The molecule has 0 saturated heterocycles. The van der Waals surface area contributed by atoms with Crippen molar-refractivity contribution in [3.05, 3.63) is 48.7 Å². The zero-order valence-corrected chi connectivity index (χ0v) is 12.1. The SMILES string of the molecule is Nc1nc(NCc2cnc[nH]2)c2ccc(-c3ccn[nH]3)cc2n1. The molecule has 0 aliphatic heterocycles. The number of rotatable bonds is 4. The van der Waals surface area contributed by atoms with E-state index in [1.807, 2.05) is 24.3 Å². The first-order valence-electron chi connectivity index (χ1n) is 7.08. The molecule has 4 aromatic rings. The Labute approximate surface area is 131 Å². The molecular formula is C15H14N8. The third-order valence-electron chi connectivity index (χ3n) is 3.53. The lowest BCUT2D eigenvalue weighted by molar-refractivity contribution is 1.05. The van der Waals surface area contributed by atoms with E-state index in [1.54, 1.807) is 18.7 Å². The summed E-state index contributed by atoms with van der Waals surface area (Å²) in [7, 11) is 0. The van der Waals surface area contributed by atoms with Crippen LogP contribution in [-0.2, 0) is 6.54 Å². The van der Waals surface area contributed by atoms with Crippen LogP contribution in [0.15, 0.2) is 43.0 Å². The molecule has 5 N–H and O–H groups in total. The minimum absolute atomic E-state index is 0.228. The molecule has 4 rings (SSSR count). The fourth-order valence-electron chi connectivity index (χ4n) is 2.43. The average Bonchev–Trinajstić information content (AvgIpc) is 3.25. The topological polar surface area (TPSA) is 121 Å². The molecule has 0 radical (unpaired) electrons. The highest BCUT2D eigenvalue weighted by molar-refractivity contribution is 5.92. The summed E-state index contributed by atoms with van der Waals surface area (Å²) in [5, 5.41) is 11.1. The van der Waals surface area contributed by atoms with Gasteiger partial charge in [-0.15, -0.1) is 0 Å². The Balaban J connectivity index is 1.73. The van der Waals surface area contributed by atoms with Crippen LogP contribution in [0.2, 0.25) is 0 Å². The highest BCUT2D eigenvalue weighted by atomic mass is 15.1. The molecule has 0 saturated carbocycles. The van der Waals surface area contributed by atoms with Crippen LogP contribution in [0.5, 0.6) is 0 Å². The number of imidazole rings is 1.